The lowest BCUT2D eigenvalue weighted by atomic mass is 10.2. The van der Waals surface area contributed by atoms with Crippen molar-refractivity contribution in [2.75, 3.05) is 0 Å². The van der Waals surface area contributed by atoms with E-state index in [1.54, 1.807) is 31.2 Å². The standard InChI is InChI=1S/C14H12N2O6S2/c1-8-4-2-3-5-11(8)23-13-10(16(19)20)6-9(14(17)18)7-12(13)24(15,21)22/h2-7H,1H3,(H,17,18)(H2,15,21,22). The van der Waals surface area contributed by atoms with Gasteiger partial charge in [-0.05, 0) is 24.6 Å². The number of aryl methyl sites for hydroxylation is 1. The topological polar surface area (TPSA) is 141 Å². The first-order valence-electron chi connectivity index (χ1n) is 6.43. The third kappa shape index (κ3) is 3.72. The fraction of sp³-hybridized carbons (Fsp3) is 0.0714. The second kappa shape index (κ2) is 6.59. The van der Waals surface area contributed by atoms with Crippen molar-refractivity contribution in [3.63, 3.8) is 0 Å². The van der Waals surface area contributed by atoms with Crippen molar-refractivity contribution >= 4 is 33.4 Å². The summed E-state index contributed by atoms with van der Waals surface area (Å²) in [5.74, 6) is -1.49. The second-order valence-corrected chi connectivity index (χ2v) is 7.38. The Labute approximate surface area is 141 Å². The van der Waals surface area contributed by atoms with Crippen molar-refractivity contribution in [1.82, 2.24) is 0 Å². The maximum Gasteiger partial charge on any atom is 0.335 e. The van der Waals surface area contributed by atoms with Gasteiger partial charge in [-0.3, -0.25) is 10.1 Å². The van der Waals surface area contributed by atoms with Gasteiger partial charge in [0.1, 0.15) is 9.79 Å². The molecule has 0 aromatic heterocycles. The molecule has 3 N–H and O–H groups in total. The van der Waals surface area contributed by atoms with E-state index < -0.39 is 37.1 Å². The van der Waals surface area contributed by atoms with Gasteiger partial charge in [0, 0.05) is 11.0 Å². The molecule has 0 unspecified atom stereocenters. The first-order valence-corrected chi connectivity index (χ1v) is 8.79. The third-order valence-electron chi connectivity index (χ3n) is 3.09. The average Bonchev–Trinajstić information content (AvgIpc) is 2.48. The smallest absolute Gasteiger partial charge is 0.335 e. The molecule has 24 heavy (non-hydrogen) atoms. The number of nitrogens with zero attached hydrogens (tertiary/aromatic N) is 1. The predicted octanol–water partition coefficient (Wildman–Crippen LogP) is 2.40. The largest absolute Gasteiger partial charge is 0.478 e. The Morgan fingerprint density at radius 2 is 1.92 bits per heavy atom. The Balaban J connectivity index is 2.79. The highest BCUT2D eigenvalue weighted by Crippen LogP contribution is 2.41. The van der Waals surface area contributed by atoms with Crippen LogP contribution in [0, 0.1) is 17.0 Å². The summed E-state index contributed by atoms with van der Waals surface area (Å²) in [6, 6.07) is 8.53. The molecule has 0 aliphatic carbocycles. The average molecular weight is 368 g/mol. The van der Waals surface area contributed by atoms with E-state index in [1.807, 2.05) is 0 Å². The molecule has 126 valence electrons. The first-order chi connectivity index (χ1) is 11.1. The monoisotopic (exact) mass is 368 g/mol. The van der Waals surface area contributed by atoms with Crippen LogP contribution in [0.1, 0.15) is 15.9 Å². The van der Waals surface area contributed by atoms with Crippen LogP contribution in [0.15, 0.2) is 51.1 Å². The van der Waals surface area contributed by atoms with Gasteiger partial charge in [-0.25, -0.2) is 18.4 Å². The van der Waals surface area contributed by atoms with Crippen molar-refractivity contribution in [2.24, 2.45) is 5.14 Å². The second-order valence-electron chi connectivity index (χ2n) is 4.80. The number of hydrogen-bond acceptors (Lipinski definition) is 6. The third-order valence-corrected chi connectivity index (χ3v) is 5.47. The van der Waals surface area contributed by atoms with E-state index in [2.05, 4.69) is 0 Å². The SMILES string of the molecule is Cc1ccccc1Sc1c([N+](=O)[O-])cc(C(=O)O)cc1S(N)(=O)=O. The molecule has 8 nitrogen and oxygen atoms in total. The quantitative estimate of drug-likeness (QED) is 0.609. The van der Waals surface area contributed by atoms with Gasteiger partial charge in [0.15, 0.2) is 0 Å². The number of rotatable bonds is 5. The van der Waals surface area contributed by atoms with Crippen LogP contribution >= 0.6 is 11.8 Å². The van der Waals surface area contributed by atoms with Crippen molar-refractivity contribution < 1.29 is 23.2 Å². The fourth-order valence-corrected chi connectivity index (χ4v) is 4.06. The van der Waals surface area contributed by atoms with Crippen LogP contribution in [0.4, 0.5) is 5.69 Å². The van der Waals surface area contributed by atoms with Crippen molar-refractivity contribution in [1.29, 1.82) is 0 Å². The molecule has 0 aliphatic rings. The molecule has 0 spiro atoms. The highest BCUT2D eigenvalue weighted by Gasteiger charge is 2.28. The highest BCUT2D eigenvalue weighted by atomic mass is 32.2. The van der Waals surface area contributed by atoms with Crippen LogP contribution in [-0.2, 0) is 10.0 Å². The summed E-state index contributed by atoms with van der Waals surface area (Å²) in [6.07, 6.45) is 0. The van der Waals surface area contributed by atoms with Crippen molar-refractivity contribution in [2.45, 2.75) is 21.6 Å². The number of nitrogens with two attached hydrogens (primary N) is 1. The molecule has 2 aromatic rings. The zero-order valence-electron chi connectivity index (χ0n) is 12.3. The molecule has 0 bridgehead atoms. The molecule has 2 rings (SSSR count). The van der Waals surface area contributed by atoms with Gasteiger partial charge in [-0.1, -0.05) is 30.0 Å². The fourth-order valence-electron chi connectivity index (χ4n) is 1.94. The summed E-state index contributed by atoms with van der Waals surface area (Å²) in [6.45, 7) is 1.76. The number of primary sulfonamides is 1. The first kappa shape index (κ1) is 17.9. The lowest BCUT2D eigenvalue weighted by Crippen LogP contribution is -2.15. The number of benzene rings is 2. The van der Waals surface area contributed by atoms with Crippen LogP contribution in [0.2, 0.25) is 0 Å². The number of carbonyl (C=O) groups is 1. The summed E-state index contributed by atoms with van der Waals surface area (Å²) in [7, 11) is -4.37. The van der Waals surface area contributed by atoms with Gasteiger partial charge >= 0.3 is 5.97 Å². The highest BCUT2D eigenvalue weighted by molar-refractivity contribution is 8.00. The Kier molecular flexibility index (Phi) is 4.92. The lowest BCUT2D eigenvalue weighted by molar-refractivity contribution is -0.388. The molecule has 0 amide bonds. The number of nitro groups is 1. The molecule has 2 aromatic carbocycles. The molecular weight excluding hydrogens is 356 g/mol. The van der Waals surface area contributed by atoms with Crippen LogP contribution in [-0.4, -0.2) is 24.4 Å². The minimum atomic E-state index is -4.37. The minimum absolute atomic E-state index is 0.221. The molecule has 0 fully saturated rings. The number of aromatic carboxylic acids is 1. The summed E-state index contributed by atoms with van der Waals surface area (Å²) in [5, 5.41) is 25.5. The molecule has 0 atom stereocenters. The molecule has 0 saturated heterocycles. The van der Waals surface area contributed by atoms with Crippen molar-refractivity contribution in [3.8, 4) is 0 Å². The van der Waals surface area contributed by atoms with E-state index in [9.17, 15) is 23.3 Å². The van der Waals surface area contributed by atoms with Gasteiger partial charge < -0.3 is 5.11 Å². The lowest BCUT2D eigenvalue weighted by Gasteiger charge is -2.11. The van der Waals surface area contributed by atoms with Crippen LogP contribution in [0.5, 0.6) is 0 Å². The number of carboxylic acid groups (broad SMARTS) is 1. The molecule has 0 saturated carbocycles. The van der Waals surface area contributed by atoms with E-state index in [1.165, 1.54) is 0 Å². The van der Waals surface area contributed by atoms with Crippen LogP contribution < -0.4 is 5.14 Å². The zero-order valence-corrected chi connectivity index (χ0v) is 13.9. The summed E-state index contributed by atoms with van der Waals surface area (Å²) in [5.41, 5.74) is -0.383. The number of carboxylic acids is 1. The van der Waals surface area contributed by atoms with Crippen LogP contribution in [0.25, 0.3) is 0 Å². The van der Waals surface area contributed by atoms with Gasteiger partial charge in [0.25, 0.3) is 5.69 Å². The Hall–Kier alpha value is -2.43. The van der Waals surface area contributed by atoms with Crippen molar-refractivity contribution in [3.05, 3.63) is 57.6 Å². The Morgan fingerprint density at radius 1 is 1.29 bits per heavy atom. The molecule has 0 radical (unpaired) electrons. The molecule has 0 heterocycles. The predicted molar refractivity (Wildman–Crippen MR) is 86.7 cm³/mol. The molecule has 10 heteroatoms. The Morgan fingerprint density at radius 3 is 2.42 bits per heavy atom. The maximum atomic E-state index is 11.8. The van der Waals surface area contributed by atoms with Gasteiger partial charge in [-0.2, -0.15) is 0 Å². The summed E-state index contributed by atoms with van der Waals surface area (Å²) in [4.78, 5) is 21.4. The van der Waals surface area contributed by atoms with Gasteiger partial charge in [-0.15, -0.1) is 0 Å². The Bertz CT molecular complexity index is 940. The van der Waals surface area contributed by atoms with E-state index in [4.69, 9.17) is 10.2 Å². The minimum Gasteiger partial charge on any atom is -0.478 e. The van der Waals surface area contributed by atoms with Gasteiger partial charge in [0.2, 0.25) is 10.0 Å². The van der Waals surface area contributed by atoms with E-state index in [-0.39, 0.29) is 4.90 Å². The number of hydrogen-bond donors (Lipinski definition) is 2. The van der Waals surface area contributed by atoms with E-state index in [0.29, 0.717) is 4.90 Å². The van der Waals surface area contributed by atoms with E-state index >= 15 is 0 Å². The normalized spacial score (nSPS) is 11.2. The molecular formula is C14H12N2O6S2. The zero-order chi connectivity index (χ0) is 18.1. The number of nitro benzene ring substituents is 1. The van der Waals surface area contributed by atoms with Crippen LogP contribution in [0.3, 0.4) is 0 Å². The summed E-state index contributed by atoms with van der Waals surface area (Å²) >= 11 is 0.849. The number of sulfonamides is 1. The van der Waals surface area contributed by atoms with E-state index in [0.717, 1.165) is 29.5 Å². The van der Waals surface area contributed by atoms with Gasteiger partial charge in [0.05, 0.1) is 10.5 Å². The maximum absolute atomic E-state index is 11.8. The summed E-state index contributed by atoms with van der Waals surface area (Å²) < 4.78 is 23.7. The molecule has 0 aliphatic heterocycles.